The molecule has 0 aromatic carbocycles. The van der Waals surface area contributed by atoms with Gasteiger partial charge in [-0.2, -0.15) is 0 Å². The molecule has 0 amide bonds. The zero-order valence-electron chi connectivity index (χ0n) is 6.88. The van der Waals surface area contributed by atoms with Gasteiger partial charge in [-0.05, 0) is 25.8 Å². The Morgan fingerprint density at radius 3 is 2.80 bits per heavy atom. The molecule has 0 aromatic heterocycles. The Bertz CT molecular complexity index is 103. The van der Waals surface area contributed by atoms with Crippen LogP contribution in [0.3, 0.4) is 0 Å². The van der Waals surface area contributed by atoms with Crippen molar-refractivity contribution in [2.45, 2.75) is 26.4 Å². The van der Waals surface area contributed by atoms with Gasteiger partial charge in [0.25, 0.3) is 0 Å². The summed E-state index contributed by atoms with van der Waals surface area (Å²) in [6.45, 7) is 7.31. The quantitative estimate of drug-likeness (QED) is 0.615. The second-order valence-corrected chi connectivity index (χ2v) is 3.50. The molecule has 0 radical (unpaired) electrons. The second-order valence-electron chi connectivity index (χ2n) is 3.50. The largest absolute Gasteiger partial charge is 0.392 e. The highest BCUT2D eigenvalue weighted by molar-refractivity contribution is 4.73. The molecule has 0 bridgehead atoms. The van der Waals surface area contributed by atoms with Crippen LogP contribution in [0.25, 0.3) is 0 Å². The average Bonchev–Trinajstić information content (AvgIpc) is 2.13. The van der Waals surface area contributed by atoms with E-state index in [0.717, 1.165) is 12.5 Å². The first kappa shape index (κ1) is 8.02. The van der Waals surface area contributed by atoms with Crippen LogP contribution in [0.15, 0.2) is 0 Å². The lowest BCUT2D eigenvalue weighted by atomic mass is 10.2. The molecule has 1 saturated heterocycles. The van der Waals surface area contributed by atoms with Gasteiger partial charge in [0.15, 0.2) is 0 Å². The molecule has 1 heterocycles. The van der Waals surface area contributed by atoms with Crippen LogP contribution in [0.4, 0.5) is 0 Å². The van der Waals surface area contributed by atoms with Crippen LogP contribution in [-0.4, -0.2) is 35.7 Å². The number of nitrogens with zero attached hydrogens (tertiary/aromatic N) is 1. The van der Waals surface area contributed by atoms with E-state index in [4.69, 9.17) is 5.11 Å². The molecule has 1 rings (SSSR count). The summed E-state index contributed by atoms with van der Waals surface area (Å²) < 4.78 is 0. The summed E-state index contributed by atoms with van der Waals surface area (Å²) in [6.07, 6.45) is 1.14. The monoisotopic (exact) mass is 143 g/mol. The molecule has 1 aliphatic heterocycles. The molecule has 0 aliphatic carbocycles. The Labute approximate surface area is 62.8 Å². The summed E-state index contributed by atoms with van der Waals surface area (Å²) in [5, 5.41) is 9.06. The van der Waals surface area contributed by atoms with E-state index in [1.54, 1.807) is 0 Å². The van der Waals surface area contributed by atoms with Gasteiger partial charge in [0, 0.05) is 13.1 Å². The second kappa shape index (κ2) is 3.35. The van der Waals surface area contributed by atoms with Gasteiger partial charge in [-0.15, -0.1) is 0 Å². The molecule has 2 atom stereocenters. The molecular weight excluding hydrogens is 126 g/mol. The average molecular weight is 143 g/mol. The highest BCUT2D eigenvalue weighted by atomic mass is 16.3. The molecule has 60 valence electrons. The van der Waals surface area contributed by atoms with Crippen LogP contribution in [0.5, 0.6) is 0 Å². The lowest BCUT2D eigenvalue weighted by Gasteiger charge is -2.16. The van der Waals surface area contributed by atoms with E-state index in [-0.39, 0.29) is 6.10 Å². The third-order valence-corrected chi connectivity index (χ3v) is 2.03. The zero-order valence-corrected chi connectivity index (χ0v) is 6.88. The summed E-state index contributed by atoms with van der Waals surface area (Å²) in [5.41, 5.74) is 0. The minimum absolute atomic E-state index is 0.162. The molecule has 2 unspecified atom stereocenters. The maximum atomic E-state index is 9.06. The number of aliphatic hydroxyl groups excluding tert-OH is 1. The molecule has 2 nitrogen and oxygen atoms in total. The van der Waals surface area contributed by atoms with Crippen molar-refractivity contribution in [2.75, 3.05) is 19.6 Å². The van der Waals surface area contributed by atoms with Crippen LogP contribution in [0.2, 0.25) is 0 Å². The molecule has 10 heavy (non-hydrogen) atoms. The van der Waals surface area contributed by atoms with Gasteiger partial charge in [-0.3, -0.25) is 0 Å². The summed E-state index contributed by atoms with van der Waals surface area (Å²) in [7, 11) is 0. The maximum Gasteiger partial charge on any atom is 0.0639 e. The third-order valence-electron chi connectivity index (χ3n) is 2.03. The number of likely N-dealkylation sites (tertiary alicyclic amines) is 1. The fraction of sp³-hybridized carbons (Fsp3) is 1.00. The zero-order chi connectivity index (χ0) is 7.56. The number of aliphatic hydroxyl groups is 1. The molecule has 0 aromatic rings. The van der Waals surface area contributed by atoms with E-state index < -0.39 is 0 Å². The number of hydrogen-bond donors (Lipinski definition) is 1. The first-order valence-corrected chi connectivity index (χ1v) is 4.09. The fourth-order valence-electron chi connectivity index (χ4n) is 1.57. The molecular formula is C8H17NO. The Hall–Kier alpha value is -0.0800. The van der Waals surface area contributed by atoms with Crippen LogP contribution < -0.4 is 0 Å². The van der Waals surface area contributed by atoms with Gasteiger partial charge in [0.2, 0.25) is 0 Å². The molecule has 0 spiro atoms. The van der Waals surface area contributed by atoms with E-state index in [9.17, 15) is 0 Å². The van der Waals surface area contributed by atoms with Crippen molar-refractivity contribution in [1.29, 1.82) is 0 Å². The van der Waals surface area contributed by atoms with Gasteiger partial charge in [-0.1, -0.05) is 6.92 Å². The van der Waals surface area contributed by atoms with Gasteiger partial charge in [0.05, 0.1) is 6.10 Å². The van der Waals surface area contributed by atoms with Crippen molar-refractivity contribution in [3.8, 4) is 0 Å². The van der Waals surface area contributed by atoms with Gasteiger partial charge >= 0.3 is 0 Å². The Morgan fingerprint density at radius 2 is 2.40 bits per heavy atom. The predicted molar refractivity (Wildman–Crippen MR) is 41.9 cm³/mol. The lowest BCUT2D eigenvalue weighted by Crippen LogP contribution is -2.28. The number of rotatable bonds is 2. The highest BCUT2D eigenvalue weighted by Gasteiger charge is 2.18. The standard InChI is InChI=1S/C8H17NO/c1-7-3-4-9(5-7)6-8(2)10/h7-8,10H,3-6H2,1-2H3. The summed E-state index contributed by atoms with van der Waals surface area (Å²) in [6, 6.07) is 0. The molecule has 1 fully saturated rings. The fourth-order valence-corrected chi connectivity index (χ4v) is 1.57. The van der Waals surface area contributed by atoms with Gasteiger partial charge < -0.3 is 10.0 Å². The van der Waals surface area contributed by atoms with Crippen molar-refractivity contribution >= 4 is 0 Å². The van der Waals surface area contributed by atoms with Crippen LogP contribution in [0.1, 0.15) is 20.3 Å². The topological polar surface area (TPSA) is 23.5 Å². The Balaban J connectivity index is 2.18. The summed E-state index contributed by atoms with van der Waals surface area (Å²) in [5.74, 6) is 0.832. The van der Waals surface area contributed by atoms with Crippen LogP contribution >= 0.6 is 0 Å². The van der Waals surface area contributed by atoms with Crippen molar-refractivity contribution < 1.29 is 5.11 Å². The summed E-state index contributed by atoms with van der Waals surface area (Å²) >= 11 is 0. The lowest BCUT2D eigenvalue weighted by molar-refractivity contribution is 0.139. The summed E-state index contributed by atoms with van der Waals surface area (Å²) in [4.78, 5) is 2.33. The van der Waals surface area contributed by atoms with Crippen molar-refractivity contribution in [1.82, 2.24) is 4.90 Å². The van der Waals surface area contributed by atoms with Gasteiger partial charge in [0.1, 0.15) is 0 Å². The normalized spacial score (nSPS) is 30.9. The predicted octanol–water partition coefficient (Wildman–Crippen LogP) is 0.709. The SMILES string of the molecule is CC(O)CN1CCC(C)C1. The van der Waals surface area contributed by atoms with E-state index in [1.807, 2.05) is 6.92 Å². The van der Waals surface area contributed by atoms with Crippen molar-refractivity contribution in [3.05, 3.63) is 0 Å². The smallest absolute Gasteiger partial charge is 0.0639 e. The van der Waals surface area contributed by atoms with E-state index >= 15 is 0 Å². The van der Waals surface area contributed by atoms with Crippen molar-refractivity contribution in [2.24, 2.45) is 5.92 Å². The number of β-amino-alcohol motifs (C(OH)–C–C–N with tert-alkyl or cyclic N) is 1. The molecule has 1 aliphatic rings. The minimum Gasteiger partial charge on any atom is -0.392 e. The maximum absolute atomic E-state index is 9.06. The Kier molecular flexibility index (Phi) is 2.69. The highest BCUT2D eigenvalue weighted by Crippen LogP contribution is 2.14. The number of hydrogen-bond acceptors (Lipinski definition) is 2. The van der Waals surface area contributed by atoms with Crippen LogP contribution in [-0.2, 0) is 0 Å². The molecule has 2 heteroatoms. The van der Waals surface area contributed by atoms with Crippen LogP contribution in [0, 0.1) is 5.92 Å². The Morgan fingerprint density at radius 1 is 1.70 bits per heavy atom. The molecule has 1 N–H and O–H groups in total. The van der Waals surface area contributed by atoms with Gasteiger partial charge in [-0.25, -0.2) is 0 Å². The third kappa shape index (κ3) is 2.27. The molecule has 0 saturated carbocycles. The minimum atomic E-state index is -0.162. The first-order valence-electron chi connectivity index (χ1n) is 4.09. The first-order chi connectivity index (χ1) is 4.68. The van der Waals surface area contributed by atoms with E-state index in [2.05, 4.69) is 11.8 Å². The van der Waals surface area contributed by atoms with E-state index in [0.29, 0.717) is 0 Å². The van der Waals surface area contributed by atoms with Crippen molar-refractivity contribution in [3.63, 3.8) is 0 Å². The van der Waals surface area contributed by atoms with E-state index in [1.165, 1.54) is 19.5 Å².